The summed E-state index contributed by atoms with van der Waals surface area (Å²) in [6.07, 6.45) is -1.24. The SMILES string of the molecule is FC(F)c1cc(C2CCNC2)cs1. The summed E-state index contributed by atoms with van der Waals surface area (Å²) in [7, 11) is 0. The normalized spacial score (nSPS) is 22.8. The first-order valence-corrected chi connectivity index (χ1v) is 5.22. The summed E-state index contributed by atoms with van der Waals surface area (Å²) >= 11 is 1.17. The number of nitrogens with one attached hydrogen (secondary N) is 1. The van der Waals surface area contributed by atoms with E-state index in [0.29, 0.717) is 5.92 Å². The van der Waals surface area contributed by atoms with Gasteiger partial charge in [-0.1, -0.05) is 0 Å². The topological polar surface area (TPSA) is 12.0 Å². The van der Waals surface area contributed by atoms with Gasteiger partial charge in [0.25, 0.3) is 6.43 Å². The van der Waals surface area contributed by atoms with Crippen LogP contribution < -0.4 is 5.32 Å². The molecule has 13 heavy (non-hydrogen) atoms. The molecule has 0 radical (unpaired) electrons. The highest BCUT2D eigenvalue weighted by atomic mass is 32.1. The Bertz CT molecular complexity index is 279. The van der Waals surface area contributed by atoms with Crippen molar-refractivity contribution < 1.29 is 8.78 Å². The summed E-state index contributed by atoms with van der Waals surface area (Å²) in [5, 5.41) is 5.09. The molecular weight excluding hydrogens is 192 g/mol. The van der Waals surface area contributed by atoms with Gasteiger partial charge in [-0.3, -0.25) is 0 Å². The minimum atomic E-state index is -2.31. The van der Waals surface area contributed by atoms with Crippen molar-refractivity contribution in [3.8, 4) is 0 Å². The van der Waals surface area contributed by atoms with Crippen molar-refractivity contribution in [2.75, 3.05) is 13.1 Å². The van der Waals surface area contributed by atoms with Crippen LogP contribution in [0.1, 0.15) is 29.2 Å². The van der Waals surface area contributed by atoms with E-state index >= 15 is 0 Å². The smallest absolute Gasteiger partial charge is 0.272 e. The molecule has 1 atom stereocenters. The molecule has 1 nitrogen and oxygen atoms in total. The number of alkyl halides is 2. The van der Waals surface area contributed by atoms with Crippen molar-refractivity contribution in [3.63, 3.8) is 0 Å². The highest BCUT2D eigenvalue weighted by Crippen LogP contribution is 2.31. The monoisotopic (exact) mass is 203 g/mol. The Morgan fingerprint density at radius 2 is 2.38 bits per heavy atom. The molecule has 4 heteroatoms. The van der Waals surface area contributed by atoms with Gasteiger partial charge in [0.2, 0.25) is 0 Å². The summed E-state index contributed by atoms with van der Waals surface area (Å²) in [6, 6.07) is 1.65. The molecule has 1 unspecified atom stereocenters. The standard InChI is InChI=1S/C9H11F2NS/c10-9(11)8-3-7(5-13-8)6-1-2-12-4-6/h3,5-6,9,12H,1-2,4H2. The zero-order valence-corrected chi connectivity index (χ0v) is 7.91. The van der Waals surface area contributed by atoms with Crippen LogP contribution in [0.2, 0.25) is 0 Å². The third-order valence-corrected chi connectivity index (χ3v) is 3.35. The van der Waals surface area contributed by atoms with Crippen molar-refractivity contribution in [3.05, 3.63) is 21.9 Å². The minimum absolute atomic E-state index is 0.196. The lowest BCUT2D eigenvalue weighted by atomic mass is 10.0. The van der Waals surface area contributed by atoms with Crippen molar-refractivity contribution in [1.29, 1.82) is 0 Å². The lowest BCUT2D eigenvalue weighted by Gasteiger charge is -2.03. The van der Waals surface area contributed by atoms with E-state index in [1.807, 2.05) is 5.38 Å². The van der Waals surface area contributed by atoms with E-state index in [9.17, 15) is 8.78 Å². The van der Waals surface area contributed by atoms with Crippen LogP contribution in [0.3, 0.4) is 0 Å². The van der Waals surface area contributed by atoms with Crippen LogP contribution in [0.25, 0.3) is 0 Å². The molecule has 0 amide bonds. The predicted molar refractivity (Wildman–Crippen MR) is 49.5 cm³/mol. The van der Waals surface area contributed by atoms with Crippen LogP contribution in [-0.4, -0.2) is 13.1 Å². The largest absolute Gasteiger partial charge is 0.316 e. The Morgan fingerprint density at radius 1 is 1.54 bits per heavy atom. The summed E-state index contributed by atoms with van der Waals surface area (Å²) in [5.74, 6) is 0.448. The fourth-order valence-corrected chi connectivity index (χ4v) is 2.48. The summed E-state index contributed by atoms with van der Waals surface area (Å²) in [5.41, 5.74) is 1.07. The lowest BCUT2D eigenvalue weighted by molar-refractivity contribution is 0.155. The maximum Gasteiger partial charge on any atom is 0.272 e. The van der Waals surface area contributed by atoms with Gasteiger partial charge >= 0.3 is 0 Å². The molecule has 1 saturated heterocycles. The molecule has 1 aliphatic heterocycles. The van der Waals surface area contributed by atoms with Gasteiger partial charge < -0.3 is 5.32 Å². The molecule has 72 valence electrons. The molecular formula is C9H11F2NS. The Kier molecular flexibility index (Phi) is 2.60. The molecule has 1 fully saturated rings. The lowest BCUT2D eigenvalue weighted by Crippen LogP contribution is -2.07. The van der Waals surface area contributed by atoms with Gasteiger partial charge in [-0.15, -0.1) is 11.3 Å². The Labute approximate surface area is 79.8 Å². The molecule has 0 bridgehead atoms. The summed E-state index contributed by atoms with van der Waals surface area (Å²) in [4.78, 5) is 0.196. The predicted octanol–water partition coefficient (Wildman–Crippen LogP) is 2.76. The molecule has 2 heterocycles. The Morgan fingerprint density at radius 3 is 2.92 bits per heavy atom. The zero-order valence-electron chi connectivity index (χ0n) is 7.09. The molecule has 0 aromatic carbocycles. The molecule has 2 rings (SSSR count). The Hall–Kier alpha value is -0.480. The van der Waals surface area contributed by atoms with E-state index in [2.05, 4.69) is 5.32 Å². The second-order valence-corrected chi connectivity index (χ2v) is 4.22. The van der Waals surface area contributed by atoms with Crippen LogP contribution in [-0.2, 0) is 0 Å². The molecule has 0 spiro atoms. The quantitative estimate of drug-likeness (QED) is 0.779. The van der Waals surface area contributed by atoms with E-state index < -0.39 is 6.43 Å². The maximum absolute atomic E-state index is 12.3. The number of rotatable bonds is 2. The van der Waals surface area contributed by atoms with E-state index in [-0.39, 0.29) is 4.88 Å². The molecule has 1 aliphatic rings. The molecule has 0 saturated carbocycles. The summed E-state index contributed by atoms with van der Waals surface area (Å²) < 4.78 is 24.5. The van der Waals surface area contributed by atoms with Crippen LogP contribution in [0.5, 0.6) is 0 Å². The van der Waals surface area contributed by atoms with Crippen LogP contribution >= 0.6 is 11.3 Å². The molecule has 1 N–H and O–H groups in total. The second kappa shape index (κ2) is 3.72. The van der Waals surface area contributed by atoms with Gasteiger partial charge in [0.15, 0.2) is 0 Å². The van der Waals surface area contributed by atoms with Gasteiger partial charge in [0, 0.05) is 6.54 Å². The van der Waals surface area contributed by atoms with Crippen LogP contribution in [0.15, 0.2) is 11.4 Å². The Balaban J connectivity index is 2.12. The van der Waals surface area contributed by atoms with Crippen molar-refractivity contribution in [2.45, 2.75) is 18.8 Å². The molecule has 1 aromatic rings. The fourth-order valence-electron chi connectivity index (χ4n) is 1.64. The fraction of sp³-hybridized carbons (Fsp3) is 0.556. The van der Waals surface area contributed by atoms with Crippen molar-refractivity contribution >= 4 is 11.3 Å². The van der Waals surface area contributed by atoms with E-state index in [1.54, 1.807) is 6.07 Å². The van der Waals surface area contributed by atoms with Gasteiger partial charge in [0.05, 0.1) is 4.88 Å². The van der Waals surface area contributed by atoms with Crippen molar-refractivity contribution in [2.24, 2.45) is 0 Å². The number of thiophene rings is 1. The average Bonchev–Trinajstić information content (AvgIpc) is 2.75. The average molecular weight is 203 g/mol. The minimum Gasteiger partial charge on any atom is -0.316 e. The number of hydrogen-bond donors (Lipinski definition) is 1. The highest BCUT2D eigenvalue weighted by molar-refractivity contribution is 7.10. The van der Waals surface area contributed by atoms with Gasteiger partial charge in [-0.2, -0.15) is 0 Å². The van der Waals surface area contributed by atoms with Crippen molar-refractivity contribution in [1.82, 2.24) is 5.32 Å². The first kappa shape index (κ1) is 9.09. The second-order valence-electron chi connectivity index (χ2n) is 3.27. The first-order valence-electron chi connectivity index (χ1n) is 4.34. The van der Waals surface area contributed by atoms with E-state index in [1.165, 1.54) is 11.3 Å². The molecule has 0 aliphatic carbocycles. The molecule has 1 aromatic heterocycles. The van der Waals surface area contributed by atoms with Gasteiger partial charge in [-0.25, -0.2) is 8.78 Å². The number of halogens is 2. The van der Waals surface area contributed by atoms with E-state index in [0.717, 1.165) is 25.1 Å². The van der Waals surface area contributed by atoms with Gasteiger partial charge in [-0.05, 0) is 35.9 Å². The van der Waals surface area contributed by atoms with E-state index in [4.69, 9.17) is 0 Å². The maximum atomic E-state index is 12.3. The third-order valence-electron chi connectivity index (χ3n) is 2.39. The highest BCUT2D eigenvalue weighted by Gasteiger charge is 2.19. The van der Waals surface area contributed by atoms with Crippen LogP contribution in [0.4, 0.5) is 8.78 Å². The third kappa shape index (κ3) is 1.89. The first-order chi connectivity index (χ1) is 6.27. The van der Waals surface area contributed by atoms with Gasteiger partial charge in [0.1, 0.15) is 0 Å². The van der Waals surface area contributed by atoms with Crippen LogP contribution in [0, 0.1) is 0 Å². The zero-order chi connectivity index (χ0) is 9.26. The number of hydrogen-bond acceptors (Lipinski definition) is 2. The summed E-state index contributed by atoms with van der Waals surface area (Å²) in [6.45, 7) is 1.93.